The first kappa shape index (κ1) is 15.6. The predicted octanol–water partition coefficient (Wildman–Crippen LogP) is 4.57. The van der Waals surface area contributed by atoms with Gasteiger partial charge in [0.05, 0.1) is 0 Å². The van der Waals surface area contributed by atoms with Gasteiger partial charge >= 0.3 is 0 Å². The minimum absolute atomic E-state index is 0.0968. The molecule has 2 heterocycles. The number of fused-ring (bicyclic) bond motifs is 3. The molecule has 1 N–H and O–H groups in total. The van der Waals surface area contributed by atoms with E-state index in [1.807, 2.05) is 6.07 Å². The van der Waals surface area contributed by atoms with Crippen molar-refractivity contribution in [3.63, 3.8) is 0 Å². The maximum atomic E-state index is 12.7. The number of halogens is 1. The number of carbonyl (C=O) groups is 1. The van der Waals surface area contributed by atoms with Crippen LogP contribution in [-0.4, -0.2) is 20.4 Å². The zero-order valence-electron chi connectivity index (χ0n) is 14.2. The lowest BCUT2D eigenvalue weighted by atomic mass is 9.86. The van der Waals surface area contributed by atoms with Crippen molar-refractivity contribution < 1.29 is 4.79 Å². The molecule has 132 valence electrons. The van der Waals surface area contributed by atoms with E-state index in [9.17, 15) is 4.79 Å². The fourth-order valence-electron chi connectivity index (χ4n) is 5.07. The first-order chi connectivity index (χ1) is 12.2. The lowest BCUT2D eigenvalue weighted by molar-refractivity contribution is -0.117. The van der Waals surface area contributed by atoms with Crippen LogP contribution in [0.15, 0.2) is 12.1 Å². The molecule has 3 aliphatic carbocycles. The number of imidazole rings is 1. The first-order valence-corrected chi connectivity index (χ1v) is 9.89. The third-order valence-electron chi connectivity index (χ3n) is 6.53. The Morgan fingerprint density at radius 3 is 2.76 bits per heavy atom. The highest BCUT2D eigenvalue weighted by Gasteiger charge is 2.40. The Bertz CT molecular complexity index is 828. The number of carbonyl (C=O) groups excluding carboxylic acids is 1. The molecule has 25 heavy (non-hydrogen) atoms. The van der Waals surface area contributed by atoms with Crippen molar-refractivity contribution in [3.05, 3.63) is 17.3 Å². The molecule has 3 aliphatic rings. The maximum Gasteiger partial charge on any atom is 0.226 e. The van der Waals surface area contributed by atoms with Crippen LogP contribution in [0.2, 0.25) is 5.15 Å². The summed E-state index contributed by atoms with van der Waals surface area (Å²) in [5.41, 5.74) is 1.58. The standard InChI is InChI=1S/C19H23ClN4O/c20-16-7-6-15-18(22-16)24(14-2-1-3-14)19(21-15)23-17(25)10-13-9-11-4-5-12(13)8-11/h6-7,11-14H,1-5,8-10H2,(H,21,23,25). The molecule has 6 heteroatoms. The minimum atomic E-state index is 0.0968. The zero-order valence-corrected chi connectivity index (χ0v) is 15.0. The van der Waals surface area contributed by atoms with Crippen LogP contribution in [0, 0.1) is 17.8 Å². The summed E-state index contributed by atoms with van der Waals surface area (Å²) in [6.07, 6.45) is 9.30. The van der Waals surface area contributed by atoms with Crippen molar-refractivity contribution in [2.24, 2.45) is 17.8 Å². The van der Waals surface area contributed by atoms with E-state index in [1.54, 1.807) is 6.07 Å². The Morgan fingerprint density at radius 2 is 2.08 bits per heavy atom. The van der Waals surface area contributed by atoms with Crippen molar-refractivity contribution in [2.75, 3.05) is 5.32 Å². The fourth-order valence-corrected chi connectivity index (χ4v) is 5.21. The molecule has 3 atom stereocenters. The number of amides is 1. The summed E-state index contributed by atoms with van der Waals surface area (Å²) in [6, 6.07) is 4.00. The van der Waals surface area contributed by atoms with Gasteiger partial charge in [-0.2, -0.15) is 0 Å². The number of rotatable bonds is 4. The van der Waals surface area contributed by atoms with Crippen molar-refractivity contribution >= 4 is 34.6 Å². The van der Waals surface area contributed by atoms with E-state index in [4.69, 9.17) is 11.6 Å². The van der Waals surface area contributed by atoms with E-state index in [-0.39, 0.29) is 5.91 Å². The SMILES string of the molecule is O=C(CC1CC2CCC1C2)Nc1nc2ccc(Cl)nc2n1C1CCC1. The maximum absolute atomic E-state index is 12.7. The van der Waals surface area contributed by atoms with Crippen molar-refractivity contribution in [2.45, 2.75) is 57.4 Å². The lowest BCUT2D eigenvalue weighted by Gasteiger charge is -2.28. The molecule has 0 aliphatic heterocycles. The van der Waals surface area contributed by atoms with Crippen LogP contribution in [0.3, 0.4) is 0 Å². The van der Waals surface area contributed by atoms with Gasteiger partial charge in [0.2, 0.25) is 11.9 Å². The average molecular weight is 359 g/mol. The van der Waals surface area contributed by atoms with Crippen LogP contribution in [0.5, 0.6) is 0 Å². The van der Waals surface area contributed by atoms with Gasteiger partial charge in [-0.3, -0.25) is 14.7 Å². The summed E-state index contributed by atoms with van der Waals surface area (Å²) in [4.78, 5) is 21.7. The first-order valence-electron chi connectivity index (χ1n) is 9.51. The molecule has 2 bridgehead atoms. The molecule has 0 saturated heterocycles. The third kappa shape index (κ3) is 2.73. The summed E-state index contributed by atoms with van der Waals surface area (Å²) < 4.78 is 2.09. The smallest absolute Gasteiger partial charge is 0.226 e. The van der Waals surface area contributed by atoms with Gasteiger partial charge in [-0.05, 0) is 68.4 Å². The highest BCUT2D eigenvalue weighted by Crippen LogP contribution is 2.49. The van der Waals surface area contributed by atoms with Crippen molar-refractivity contribution in [1.29, 1.82) is 0 Å². The summed E-state index contributed by atoms with van der Waals surface area (Å²) >= 11 is 6.08. The van der Waals surface area contributed by atoms with Gasteiger partial charge in [0.25, 0.3) is 0 Å². The molecule has 0 aromatic carbocycles. The Balaban J connectivity index is 1.39. The monoisotopic (exact) mass is 358 g/mol. The van der Waals surface area contributed by atoms with E-state index >= 15 is 0 Å². The van der Waals surface area contributed by atoms with Gasteiger partial charge in [0, 0.05) is 12.5 Å². The van der Waals surface area contributed by atoms with E-state index in [0.717, 1.165) is 35.8 Å². The van der Waals surface area contributed by atoms with E-state index < -0.39 is 0 Å². The highest BCUT2D eigenvalue weighted by atomic mass is 35.5. The molecule has 3 saturated carbocycles. The molecule has 5 nitrogen and oxygen atoms in total. The van der Waals surface area contributed by atoms with Crippen molar-refractivity contribution in [1.82, 2.24) is 14.5 Å². The second kappa shape index (κ2) is 5.97. The molecule has 5 rings (SSSR count). The fraction of sp³-hybridized carbons (Fsp3) is 0.632. The number of aromatic nitrogens is 3. The van der Waals surface area contributed by atoms with Gasteiger partial charge in [0.1, 0.15) is 10.7 Å². The molecule has 0 radical (unpaired) electrons. The van der Waals surface area contributed by atoms with Crippen LogP contribution in [-0.2, 0) is 4.79 Å². The largest absolute Gasteiger partial charge is 0.296 e. The quantitative estimate of drug-likeness (QED) is 0.814. The summed E-state index contributed by atoms with van der Waals surface area (Å²) in [5.74, 6) is 2.94. The van der Waals surface area contributed by atoms with Crippen LogP contribution < -0.4 is 5.32 Å². The van der Waals surface area contributed by atoms with Crippen molar-refractivity contribution in [3.8, 4) is 0 Å². The van der Waals surface area contributed by atoms with Gasteiger partial charge in [0.15, 0.2) is 5.65 Å². The minimum Gasteiger partial charge on any atom is -0.296 e. The molecule has 0 spiro atoms. The molecule has 1 amide bonds. The van der Waals surface area contributed by atoms with Crippen LogP contribution in [0.4, 0.5) is 5.95 Å². The van der Waals surface area contributed by atoms with Gasteiger partial charge in [-0.1, -0.05) is 18.0 Å². The molecular weight excluding hydrogens is 336 g/mol. The van der Waals surface area contributed by atoms with E-state index in [0.29, 0.717) is 29.5 Å². The Hall–Kier alpha value is -1.62. The molecule has 2 aromatic heterocycles. The number of nitrogens with one attached hydrogen (secondary N) is 1. The second-order valence-corrected chi connectivity index (χ2v) is 8.44. The third-order valence-corrected chi connectivity index (χ3v) is 6.74. The second-order valence-electron chi connectivity index (χ2n) is 8.05. The normalized spacial score (nSPS) is 28.4. The van der Waals surface area contributed by atoms with E-state index in [1.165, 1.54) is 32.1 Å². The van der Waals surface area contributed by atoms with E-state index in [2.05, 4.69) is 19.9 Å². The molecular formula is C19H23ClN4O. The van der Waals surface area contributed by atoms with Gasteiger partial charge < -0.3 is 0 Å². The average Bonchev–Trinajstić information content (AvgIpc) is 3.21. The number of anilines is 1. The number of pyridine rings is 1. The molecule has 3 fully saturated rings. The van der Waals surface area contributed by atoms with Gasteiger partial charge in [-0.15, -0.1) is 0 Å². The van der Waals surface area contributed by atoms with Crippen LogP contribution in [0.25, 0.3) is 11.2 Å². The number of hydrogen-bond donors (Lipinski definition) is 1. The number of hydrogen-bond acceptors (Lipinski definition) is 3. The predicted molar refractivity (Wildman–Crippen MR) is 97.6 cm³/mol. The summed E-state index contributed by atoms with van der Waals surface area (Å²) in [7, 11) is 0. The Morgan fingerprint density at radius 1 is 1.20 bits per heavy atom. The topological polar surface area (TPSA) is 59.8 Å². The lowest BCUT2D eigenvalue weighted by Crippen LogP contribution is -2.24. The Labute approximate surface area is 152 Å². The zero-order chi connectivity index (χ0) is 17.0. The van der Waals surface area contributed by atoms with Crippen LogP contribution in [0.1, 0.15) is 57.4 Å². The molecule has 2 aromatic rings. The number of nitrogens with zero attached hydrogens (tertiary/aromatic N) is 3. The van der Waals surface area contributed by atoms with Gasteiger partial charge in [-0.25, -0.2) is 9.97 Å². The summed E-state index contributed by atoms with van der Waals surface area (Å²) in [5, 5.41) is 3.55. The summed E-state index contributed by atoms with van der Waals surface area (Å²) in [6.45, 7) is 0. The van der Waals surface area contributed by atoms with Crippen LogP contribution >= 0.6 is 11.6 Å². The molecule has 3 unspecified atom stereocenters. The Kier molecular flexibility index (Phi) is 3.73. The highest BCUT2D eigenvalue weighted by molar-refractivity contribution is 6.29.